The van der Waals surface area contributed by atoms with Crippen molar-refractivity contribution in [3.05, 3.63) is 39.4 Å². The van der Waals surface area contributed by atoms with Gasteiger partial charge in [0, 0.05) is 11.4 Å². The topological polar surface area (TPSA) is 54.1 Å². The van der Waals surface area contributed by atoms with Crippen molar-refractivity contribution in [1.29, 1.82) is 0 Å². The number of carbonyl (C=O) groups excluding carboxylic acids is 1. The number of H-pyrrole nitrogens is 1. The number of aromatic nitrogens is 1. The lowest BCUT2D eigenvalue weighted by atomic mass is 10.1. The van der Waals surface area contributed by atoms with Crippen molar-refractivity contribution in [3.63, 3.8) is 0 Å². The molecule has 0 fully saturated rings. The first-order chi connectivity index (χ1) is 9.36. The van der Waals surface area contributed by atoms with Gasteiger partial charge in [-0.3, -0.25) is 0 Å². The molecule has 2 rings (SSSR count). The summed E-state index contributed by atoms with van der Waals surface area (Å²) in [6.07, 6.45) is 1.98. The van der Waals surface area contributed by atoms with Crippen LogP contribution in [0.3, 0.4) is 0 Å². The molecule has 0 radical (unpaired) electrons. The van der Waals surface area contributed by atoms with Gasteiger partial charge in [-0.2, -0.15) is 0 Å². The standard InChI is InChI=1S/C15H18N2O2S/c1-7-9(3)13(15(18)19-5)16-11(7)6-12-8(2)10(4)14(20)17-12/h6,16H,1-5H3,(H,17,20)/b12-6-. The number of carbonyl (C=O) groups is 1. The molecule has 0 saturated carbocycles. The highest BCUT2D eigenvalue weighted by Crippen LogP contribution is 2.25. The van der Waals surface area contributed by atoms with Crippen LogP contribution in [-0.4, -0.2) is 23.1 Å². The van der Waals surface area contributed by atoms with E-state index in [-0.39, 0.29) is 5.97 Å². The molecule has 0 bridgehead atoms. The molecule has 1 aliphatic rings. The first-order valence-electron chi connectivity index (χ1n) is 6.35. The van der Waals surface area contributed by atoms with Crippen molar-refractivity contribution in [2.45, 2.75) is 27.7 Å². The molecule has 106 valence electrons. The van der Waals surface area contributed by atoms with E-state index in [1.54, 1.807) is 0 Å². The second-order valence-corrected chi connectivity index (χ2v) is 5.33. The van der Waals surface area contributed by atoms with Crippen LogP contribution < -0.4 is 5.32 Å². The summed E-state index contributed by atoms with van der Waals surface area (Å²) in [6, 6.07) is 0. The second kappa shape index (κ2) is 5.25. The van der Waals surface area contributed by atoms with Crippen molar-refractivity contribution in [3.8, 4) is 0 Å². The van der Waals surface area contributed by atoms with Gasteiger partial charge < -0.3 is 15.0 Å². The minimum atomic E-state index is -0.353. The lowest BCUT2D eigenvalue weighted by Crippen LogP contribution is -2.13. The molecule has 5 heteroatoms. The van der Waals surface area contributed by atoms with Gasteiger partial charge in [-0.25, -0.2) is 4.79 Å². The van der Waals surface area contributed by atoms with Crippen LogP contribution in [0, 0.1) is 13.8 Å². The van der Waals surface area contributed by atoms with Crippen LogP contribution in [0.1, 0.15) is 41.2 Å². The van der Waals surface area contributed by atoms with Crippen LogP contribution in [0.4, 0.5) is 0 Å². The summed E-state index contributed by atoms with van der Waals surface area (Å²) in [4.78, 5) is 15.6. The number of ether oxygens (including phenoxy) is 1. The first kappa shape index (κ1) is 14.5. The third kappa shape index (κ3) is 2.29. The van der Waals surface area contributed by atoms with Gasteiger partial charge in [0.15, 0.2) is 0 Å². The summed E-state index contributed by atoms with van der Waals surface area (Å²) in [6.45, 7) is 7.91. The summed E-state index contributed by atoms with van der Waals surface area (Å²) >= 11 is 5.24. The quantitative estimate of drug-likeness (QED) is 0.649. The fourth-order valence-corrected chi connectivity index (χ4v) is 2.40. The normalized spacial score (nSPS) is 16.9. The Hall–Kier alpha value is -1.88. The summed E-state index contributed by atoms with van der Waals surface area (Å²) < 4.78 is 4.77. The zero-order valence-corrected chi connectivity index (χ0v) is 13.1. The molecule has 0 unspecified atom stereocenters. The van der Waals surface area contributed by atoms with Gasteiger partial charge in [-0.05, 0) is 56.0 Å². The Balaban J connectivity index is 2.46. The van der Waals surface area contributed by atoms with E-state index in [4.69, 9.17) is 17.0 Å². The van der Waals surface area contributed by atoms with E-state index in [0.717, 1.165) is 38.7 Å². The van der Waals surface area contributed by atoms with Crippen LogP contribution >= 0.6 is 12.2 Å². The molecule has 1 aromatic heterocycles. The third-order valence-electron chi connectivity index (χ3n) is 3.83. The number of hydrogen-bond acceptors (Lipinski definition) is 3. The lowest BCUT2D eigenvalue weighted by Gasteiger charge is -2.01. The smallest absolute Gasteiger partial charge is 0.354 e. The van der Waals surface area contributed by atoms with Crippen molar-refractivity contribution in [2.75, 3.05) is 7.11 Å². The molecule has 0 aliphatic carbocycles. The largest absolute Gasteiger partial charge is 0.464 e. The number of thiocarbonyl (C=S) groups is 1. The van der Waals surface area contributed by atoms with Crippen molar-refractivity contribution in [2.24, 2.45) is 0 Å². The lowest BCUT2D eigenvalue weighted by molar-refractivity contribution is 0.0594. The highest BCUT2D eigenvalue weighted by molar-refractivity contribution is 7.80. The Morgan fingerprint density at radius 1 is 1.15 bits per heavy atom. The fourth-order valence-electron chi connectivity index (χ4n) is 2.13. The zero-order valence-electron chi connectivity index (χ0n) is 12.3. The zero-order chi connectivity index (χ0) is 15.0. The SMILES string of the molecule is COC(=O)c1[nH]c(/C=C2\NC(=S)C(C)=C2C)c(C)c1C. The average molecular weight is 290 g/mol. The van der Waals surface area contributed by atoms with Gasteiger partial charge in [0.05, 0.1) is 7.11 Å². The van der Waals surface area contributed by atoms with E-state index in [9.17, 15) is 4.79 Å². The average Bonchev–Trinajstić information content (AvgIpc) is 2.84. The number of rotatable bonds is 2. The van der Waals surface area contributed by atoms with Crippen LogP contribution in [0.5, 0.6) is 0 Å². The molecule has 0 spiro atoms. The van der Waals surface area contributed by atoms with E-state index in [2.05, 4.69) is 10.3 Å². The molecule has 0 saturated heterocycles. The maximum Gasteiger partial charge on any atom is 0.354 e. The molecular weight excluding hydrogens is 272 g/mol. The van der Waals surface area contributed by atoms with Crippen LogP contribution in [-0.2, 0) is 4.74 Å². The number of nitrogens with one attached hydrogen (secondary N) is 2. The van der Waals surface area contributed by atoms with E-state index < -0.39 is 0 Å². The Bertz CT molecular complexity index is 666. The predicted octanol–water partition coefficient (Wildman–Crippen LogP) is 3.03. The van der Waals surface area contributed by atoms with E-state index in [1.165, 1.54) is 7.11 Å². The fraction of sp³-hybridized carbons (Fsp3) is 0.333. The third-order valence-corrected chi connectivity index (χ3v) is 4.24. The molecule has 0 aromatic carbocycles. The van der Waals surface area contributed by atoms with Gasteiger partial charge in [0.2, 0.25) is 0 Å². The van der Waals surface area contributed by atoms with E-state index in [0.29, 0.717) is 5.69 Å². The monoisotopic (exact) mass is 290 g/mol. The van der Waals surface area contributed by atoms with Gasteiger partial charge >= 0.3 is 5.97 Å². The Labute approximate surface area is 123 Å². The molecule has 4 nitrogen and oxygen atoms in total. The summed E-state index contributed by atoms with van der Waals surface area (Å²) in [5.74, 6) is -0.353. The van der Waals surface area contributed by atoms with Crippen molar-refractivity contribution >= 4 is 29.3 Å². The number of allylic oxidation sites excluding steroid dienone is 1. The summed E-state index contributed by atoms with van der Waals surface area (Å²) in [5, 5.41) is 3.18. The number of hydrogen-bond donors (Lipinski definition) is 2. The van der Waals surface area contributed by atoms with Crippen LogP contribution in [0.2, 0.25) is 0 Å². The van der Waals surface area contributed by atoms with Crippen molar-refractivity contribution in [1.82, 2.24) is 10.3 Å². The highest BCUT2D eigenvalue weighted by atomic mass is 32.1. The second-order valence-electron chi connectivity index (χ2n) is 4.92. The molecule has 2 N–H and O–H groups in total. The van der Waals surface area contributed by atoms with Gasteiger partial charge in [-0.15, -0.1) is 0 Å². The van der Waals surface area contributed by atoms with Gasteiger partial charge in [-0.1, -0.05) is 12.2 Å². The van der Waals surface area contributed by atoms with Crippen molar-refractivity contribution < 1.29 is 9.53 Å². The Morgan fingerprint density at radius 2 is 1.80 bits per heavy atom. The summed E-state index contributed by atoms with van der Waals surface area (Å²) in [5.41, 5.74) is 6.50. The number of methoxy groups -OCH3 is 1. The Kier molecular flexibility index (Phi) is 3.81. The molecule has 1 aromatic rings. The maximum atomic E-state index is 11.7. The molecule has 0 amide bonds. The van der Waals surface area contributed by atoms with E-state index >= 15 is 0 Å². The van der Waals surface area contributed by atoms with Gasteiger partial charge in [0.25, 0.3) is 0 Å². The predicted molar refractivity (Wildman–Crippen MR) is 83.7 cm³/mol. The number of esters is 1. The van der Waals surface area contributed by atoms with E-state index in [1.807, 2.05) is 33.8 Å². The maximum absolute atomic E-state index is 11.7. The molecule has 2 heterocycles. The van der Waals surface area contributed by atoms with Crippen LogP contribution in [0.25, 0.3) is 6.08 Å². The molecule has 20 heavy (non-hydrogen) atoms. The molecule has 1 aliphatic heterocycles. The minimum absolute atomic E-state index is 0.353. The highest BCUT2D eigenvalue weighted by Gasteiger charge is 2.20. The first-order valence-corrected chi connectivity index (χ1v) is 6.76. The molecular formula is C15H18N2O2S. The minimum Gasteiger partial charge on any atom is -0.464 e. The number of aromatic amines is 1. The van der Waals surface area contributed by atoms with Gasteiger partial charge in [0.1, 0.15) is 10.7 Å². The molecule has 0 atom stereocenters. The Morgan fingerprint density at radius 3 is 2.30 bits per heavy atom. The summed E-state index contributed by atoms with van der Waals surface area (Å²) in [7, 11) is 1.38. The van der Waals surface area contributed by atoms with Crippen LogP contribution in [0.15, 0.2) is 16.8 Å².